The molecule has 1 aliphatic rings. The number of oxazole rings is 1. The Morgan fingerprint density at radius 3 is 2.97 bits per heavy atom. The van der Waals surface area contributed by atoms with Crippen LogP contribution in [-0.2, 0) is 6.42 Å². The number of imidazole rings is 1. The minimum Gasteiger partial charge on any atom is -0.432 e. The summed E-state index contributed by atoms with van der Waals surface area (Å²) in [5.74, 6) is -1.75. The van der Waals surface area contributed by atoms with Crippen LogP contribution in [-0.4, -0.2) is 47.0 Å². The van der Waals surface area contributed by atoms with Gasteiger partial charge in [0.25, 0.3) is 12.3 Å². The van der Waals surface area contributed by atoms with Gasteiger partial charge in [-0.1, -0.05) is 11.6 Å². The summed E-state index contributed by atoms with van der Waals surface area (Å²) < 4.78 is 34.1. The highest BCUT2D eigenvalue weighted by Crippen LogP contribution is 2.36. The van der Waals surface area contributed by atoms with E-state index in [1.807, 2.05) is 0 Å². The van der Waals surface area contributed by atoms with Crippen LogP contribution in [0.2, 0.25) is 5.02 Å². The number of H-pyrrole nitrogens is 1. The van der Waals surface area contributed by atoms with Crippen LogP contribution in [0.1, 0.15) is 64.7 Å². The Bertz CT molecular complexity index is 1310. The Kier molecular flexibility index (Phi) is 4.94. The van der Waals surface area contributed by atoms with E-state index in [-0.39, 0.29) is 12.4 Å². The van der Waals surface area contributed by atoms with Gasteiger partial charge in [-0.15, -0.1) is 0 Å². The number of nitrogens with zero attached hydrogens (tertiary/aromatic N) is 5. The number of halogens is 3. The number of rotatable bonds is 4. The van der Waals surface area contributed by atoms with Gasteiger partial charge in [0.2, 0.25) is 11.7 Å². The van der Waals surface area contributed by atoms with Crippen molar-refractivity contribution in [3.8, 4) is 0 Å². The molecule has 5 rings (SSSR count). The third kappa shape index (κ3) is 3.24. The number of carbonyl (C=O) groups excluding carboxylic acids is 1. The molecule has 5 heterocycles. The molecule has 4 aromatic heterocycles. The zero-order chi connectivity index (χ0) is 22.6. The zero-order valence-corrected chi connectivity index (χ0v) is 17.4. The van der Waals surface area contributed by atoms with Crippen LogP contribution in [0.4, 0.5) is 8.78 Å². The van der Waals surface area contributed by atoms with Crippen molar-refractivity contribution < 1.29 is 23.1 Å². The van der Waals surface area contributed by atoms with E-state index in [2.05, 4.69) is 20.1 Å². The number of carbonyl (C=O) groups is 1. The van der Waals surface area contributed by atoms with Gasteiger partial charge in [-0.25, -0.2) is 23.3 Å². The van der Waals surface area contributed by atoms with E-state index in [1.165, 1.54) is 18.2 Å². The first-order valence-corrected chi connectivity index (χ1v) is 10.2. The molecule has 0 aromatic carbocycles. The van der Waals surface area contributed by atoms with Gasteiger partial charge in [-0.3, -0.25) is 4.79 Å². The number of aromatic amines is 1. The summed E-state index contributed by atoms with van der Waals surface area (Å²) in [6.45, 7) is 1.52. The number of fused-ring (bicyclic) bond motifs is 2. The average molecular weight is 463 g/mol. The van der Waals surface area contributed by atoms with E-state index in [4.69, 9.17) is 16.0 Å². The summed E-state index contributed by atoms with van der Waals surface area (Å²) in [6.07, 6.45) is -0.634. The molecule has 32 heavy (non-hydrogen) atoms. The number of aromatic nitrogens is 5. The molecule has 166 valence electrons. The Morgan fingerprint density at radius 2 is 2.25 bits per heavy atom. The summed E-state index contributed by atoms with van der Waals surface area (Å²) >= 11 is 6.28. The van der Waals surface area contributed by atoms with Gasteiger partial charge in [0.1, 0.15) is 12.1 Å². The molecule has 2 atom stereocenters. The van der Waals surface area contributed by atoms with Crippen molar-refractivity contribution in [2.24, 2.45) is 0 Å². The van der Waals surface area contributed by atoms with E-state index >= 15 is 0 Å². The maximum Gasteiger partial charge on any atom is 0.292 e. The Balaban J connectivity index is 1.63. The maximum absolute atomic E-state index is 13.6. The lowest BCUT2D eigenvalue weighted by atomic mass is 9.99. The molecule has 1 aliphatic heterocycles. The molecule has 4 aromatic rings. The molecular weight excluding hydrogens is 446 g/mol. The highest BCUT2D eigenvalue weighted by atomic mass is 35.5. The number of amides is 1. The fourth-order valence-corrected chi connectivity index (χ4v) is 4.10. The first kappa shape index (κ1) is 20.6. The van der Waals surface area contributed by atoms with E-state index < -0.39 is 35.9 Å². The molecule has 0 aliphatic carbocycles. The summed E-state index contributed by atoms with van der Waals surface area (Å²) in [4.78, 5) is 25.8. The second-order valence-electron chi connectivity index (χ2n) is 7.42. The first-order valence-electron chi connectivity index (χ1n) is 9.79. The van der Waals surface area contributed by atoms with Crippen molar-refractivity contribution in [1.82, 2.24) is 29.5 Å². The van der Waals surface area contributed by atoms with Gasteiger partial charge in [0.15, 0.2) is 5.69 Å². The summed E-state index contributed by atoms with van der Waals surface area (Å²) in [6, 6.07) is 4.41. The molecule has 0 bridgehead atoms. The second kappa shape index (κ2) is 7.68. The van der Waals surface area contributed by atoms with Crippen LogP contribution in [0.5, 0.6) is 0 Å². The molecule has 1 unspecified atom stereocenters. The van der Waals surface area contributed by atoms with Crippen molar-refractivity contribution in [3.05, 3.63) is 70.2 Å². The second-order valence-corrected chi connectivity index (χ2v) is 7.82. The highest BCUT2D eigenvalue weighted by molar-refractivity contribution is 6.33. The number of nitrogens with one attached hydrogen (secondary N) is 1. The van der Waals surface area contributed by atoms with Gasteiger partial charge in [0, 0.05) is 24.9 Å². The minimum absolute atomic E-state index is 0.202. The van der Waals surface area contributed by atoms with Gasteiger partial charge >= 0.3 is 0 Å². The van der Waals surface area contributed by atoms with Crippen molar-refractivity contribution in [3.63, 3.8) is 0 Å². The van der Waals surface area contributed by atoms with Crippen LogP contribution < -0.4 is 0 Å². The third-order valence-electron chi connectivity index (χ3n) is 5.36. The molecule has 0 spiro atoms. The predicted molar refractivity (Wildman–Crippen MR) is 107 cm³/mol. The zero-order valence-electron chi connectivity index (χ0n) is 16.7. The fraction of sp³-hybridized carbons (Fsp3) is 0.300. The lowest BCUT2D eigenvalue weighted by Gasteiger charge is -2.33. The van der Waals surface area contributed by atoms with Crippen LogP contribution in [0.25, 0.3) is 5.52 Å². The molecule has 12 heteroatoms. The monoisotopic (exact) mass is 462 g/mol. The summed E-state index contributed by atoms with van der Waals surface area (Å²) in [7, 11) is 0. The van der Waals surface area contributed by atoms with Crippen molar-refractivity contribution in [1.29, 1.82) is 0 Å². The van der Waals surface area contributed by atoms with Gasteiger partial charge in [0.05, 0.1) is 28.3 Å². The topological polar surface area (TPSA) is 113 Å². The number of aliphatic hydroxyl groups is 1. The first-order chi connectivity index (χ1) is 15.3. The Labute approximate surface area is 184 Å². The van der Waals surface area contributed by atoms with E-state index in [0.717, 1.165) is 5.69 Å². The SMILES string of the molecule is CC(O)c1nc(C(F)F)c(C(=O)N2CCc3[nH]cnc3[C@@H]2c2cc3c(Cl)cccn3n2)o1. The standard InChI is InChI=1S/C20H17ClF2N6O3/c1-9(30)19-26-15(18(22)23)17(32-19)20(31)28-6-4-11-14(25-8-24-11)16(28)12-7-13-10(21)3-2-5-29(13)27-12/h2-3,5,7-9,16,18,30H,4,6H2,1H3,(H,24,25)/t9?,16-/m0/s1. The van der Waals surface area contributed by atoms with E-state index in [0.29, 0.717) is 28.3 Å². The highest BCUT2D eigenvalue weighted by Gasteiger charge is 2.40. The summed E-state index contributed by atoms with van der Waals surface area (Å²) in [5, 5.41) is 14.7. The lowest BCUT2D eigenvalue weighted by Crippen LogP contribution is -2.41. The average Bonchev–Trinajstić information content (AvgIpc) is 3.49. The van der Waals surface area contributed by atoms with E-state index in [1.54, 1.807) is 28.9 Å². The smallest absolute Gasteiger partial charge is 0.292 e. The number of aliphatic hydroxyl groups excluding tert-OH is 1. The predicted octanol–water partition coefficient (Wildman–Crippen LogP) is 3.48. The van der Waals surface area contributed by atoms with Crippen LogP contribution in [0.15, 0.2) is 35.1 Å². The molecule has 9 nitrogen and oxygen atoms in total. The number of hydrogen-bond donors (Lipinski definition) is 2. The minimum atomic E-state index is -3.05. The van der Waals surface area contributed by atoms with E-state index in [9.17, 15) is 18.7 Å². The Hall–Kier alpha value is -3.31. The fourth-order valence-electron chi connectivity index (χ4n) is 3.89. The van der Waals surface area contributed by atoms with Crippen LogP contribution in [0.3, 0.4) is 0 Å². The number of alkyl halides is 2. The molecule has 2 N–H and O–H groups in total. The van der Waals surface area contributed by atoms with Gasteiger partial charge in [-0.2, -0.15) is 5.10 Å². The molecule has 0 saturated carbocycles. The van der Waals surface area contributed by atoms with Crippen molar-refractivity contribution in [2.45, 2.75) is 31.9 Å². The maximum atomic E-state index is 13.6. The molecular formula is C20H17ClF2N6O3. The molecule has 1 amide bonds. The number of hydrogen-bond acceptors (Lipinski definition) is 6. The van der Waals surface area contributed by atoms with Crippen molar-refractivity contribution in [2.75, 3.05) is 6.54 Å². The normalized spacial score (nSPS) is 17.2. The van der Waals surface area contributed by atoms with Gasteiger partial charge in [-0.05, 0) is 25.1 Å². The van der Waals surface area contributed by atoms with Gasteiger partial charge < -0.3 is 19.4 Å². The number of pyridine rings is 1. The molecule has 0 fully saturated rings. The van der Waals surface area contributed by atoms with Crippen LogP contribution in [0, 0.1) is 0 Å². The van der Waals surface area contributed by atoms with Crippen LogP contribution >= 0.6 is 11.6 Å². The summed E-state index contributed by atoms with van der Waals surface area (Å²) in [5.41, 5.74) is 1.66. The third-order valence-corrected chi connectivity index (χ3v) is 5.68. The Morgan fingerprint density at radius 1 is 1.44 bits per heavy atom. The molecule has 0 saturated heterocycles. The molecule has 0 radical (unpaired) electrons. The lowest BCUT2D eigenvalue weighted by molar-refractivity contribution is 0.0631. The quantitative estimate of drug-likeness (QED) is 0.480. The largest absolute Gasteiger partial charge is 0.432 e. The van der Waals surface area contributed by atoms with Crippen molar-refractivity contribution >= 4 is 23.0 Å².